The van der Waals surface area contributed by atoms with E-state index in [1.807, 2.05) is 50.2 Å². The number of nitrogens with zero attached hydrogens (tertiary/aromatic N) is 2. The SMILES string of the molecule is Cc1cccc(NC(=O)CN(C)C(=O)CSCc2ccccn2)c1C. The van der Waals surface area contributed by atoms with Crippen LogP contribution in [0.2, 0.25) is 0 Å². The van der Waals surface area contributed by atoms with Gasteiger partial charge in [0.2, 0.25) is 11.8 Å². The van der Waals surface area contributed by atoms with Gasteiger partial charge >= 0.3 is 0 Å². The maximum Gasteiger partial charge on any atom is 0.243 e. The number of nitrogens with one attached hydrogen (secondary N) is 1. The number of hydrogen-bond acceptors (Lipinski definition) is 4. The lowest BCUT2D eigenvalue weighted by Crippen LogP contribution is -2.36. The number of pyridine rings is 1. The highest BCUT2D eigenvalue weighted by Crippen LogP contribution is 2.17. The molecule has 0 unspecified atom stereocenters. The van der Waals surface area contributed by atoms with Crippen molar-refractivity contribution >= 4 is 29.3 Å². The Morgan fingerprint density at radius 1 is 1.16 bits per heavy atom. The number of benzene rings is 1. The number of aryl methyl sites for hydroxylation is 1. The number of thioether (sulfide) groups is 1. The normalized spacial score (nSPS) is 10.4. The summed E-state index contributed by atoms with van der Waals surface area (Å²) in [6.07, 6.45) is 1.74. The van der Waals surface area contributed by atoms with E-state index in [9.17, 15) is 9.59 Å². The zero-order valence-electron chi connectivity index (χ0n) is 14.8. The predicted octanol–water partition coefficient (Wildman–Crippen LogP) is 3.03. The predicted molar refractivity (Wildman–Crippen MR) is 103 cm³/mol. The maximum atomic E-state index is 12.2. The summed E-state index contributed by atoms with van der Waals surface area (Å²) in [5.74, 6) is 0.732. The van der Waals surface area contributed by atoms with Gasteiger partial charge in [-0.2, -0.15) is 0 Å². The lowest BCUT2D eigenvalue weighted by molar-refractivity contribution is -0.131. The first-order valence-electron chi connectivity index (χ1n) is 8.05. The van der Waals surface area contributed by atoms with E-state index in [2.05, 4.69) is 10.3 Å². The van der Waals surface area contributed by atoms with Gasteiger partial charge in [-0.1, -0.05) is 18.2 Å². The molecule has 6 heteroatoms. The van der Waals surface area contributed by atoms with Gasteiger partial charge in [-0.25, -0.2) is 0 Å². The molecule has 0 saturated heterocycles. The molecule has 0 radical (unpaired) electrons. The summed E-state index contributed by atoms with van der Waals surface area (Å²) < 4.78 is 0. The number of carbonyl (C=O) groups excluding carboxylic acids is 2. The number of carbonyl (C=O) groups is 2. The highest BCUT2D eigenvalue weighted by molar-refractivity contribution is 7.99. The van der Waals surface area contributed by atoms with E-state index < -0.39 is 0 Å². The van der Waals surface area contributed by atoms with E-state index in [1.165, 1.54) is 16.7 Å². The summed E-state index contributed by atoms with van der Waals surface area (Å²) in [7, 11) is 1.65. The van der Waals surface area contributed by atoms with Crippen molar-refractivity contribution in [2.24, 2.45) is 0 Å². The zero-order valence-corrected chi connectivity index (χ0v) is 15.6. The molecule has 0 atom stereocenters. The molecular weight excluding hydrogens is 334 g/mol. The van der Waals surface area contributed by atoms with Gasteiger partial charge in [0.05, 0.1) is 18.0 Å². The molecule has 2 aromatic rings. The highest BCUT2D eigenvalue weighted by atomic mass is 32.2. The number of hydrogen-bond donors (Lipinski definition) is 1. The highest BCUT2D eigenvalue weighted by Gasteiger charge is 2.14. The van der Waals surface area contributed by atoms with Gasteiger partial charge in [0, 0.05) is 24.7 Å². The van der Waals surface area contributed by atoms with Gasteiger partial charge in [-0.05, 0) is 43.2 Å². The van der Waals surface area contributed by atoms with E-state index in [0.29, 0.717) is 11.5 Å². The molecule has 0 saturated carbocycles. The van der Waals surface area contributed by atoms with Crippen molar-refractivity contribution in [2.75, 3.05) is 24.7 Å². The van der Waals surface area contributed by atoms with Gasteiger partial charge in [0.25, 0.3) is 0 Å². The van der Waals surface area contributed by atoms with Gasteiger partial charge < -0.3 is 10.2 Å². The molecule has 0 aliphatic rings. The van der Waals surface area contributed by atoms with E-state index in [0.717, 1.165) is 22.5 Å². The second kappa shape index (κ2) is 9.22. The largest absolute Gasteiger partial charge is 0.336 e. The van der Waals surface area contributed by atoms with Crippen molar-refractivity contribution in [3.8, 4) is 0 Å². The van der Waals surface area contributed by atoms with Gasteiger partial charge in [0.15, 0.2) is 0 Å². The Labute approximate surface area is 152 Å². The van der Waals surface area contributed by atoms with Crippen LogP contribution in [-0.4, -0.2) is 41.0 Å². The third kappa shape index (κ3) is 5.90. The Hall–Kier alpha value is -2.34. The third-order valence-corrected chi connectivity index (χ3v) is 4.84. The minimum Gasteiger partial charge on any atom is -0.336 e. The number of rotatable bonds is 7. The molecule has 2 rings (SSSR count). The van der Waals surface area contributed by atoms with Crippen LogP contribution in [-0.2, 0) is 15.3 Å². The van der Waals surface area contributed by atoms with Crippen molar-refractivity contribution in [2.45, 2.75) is 19.6 Å². The average molecular weight is 357 g/mol. The molecule has 25 heavy (non-hydrogen) atoms. The lowest BCUT2D eigenvalue weighted by atomic mass is 10.1. The second-order valence-corrected chi connectivity index (χ2v) is 6.84. The Kier molecular flexibility index (Phi) is 7.01. The summed E-state index contributed by atoms with van der Waals surface area (Å²) in [6.45, 7) is 4.00. The molecule has 5 nitrogen and oxygen atoms in total. The molecule has 1 heterocycles. The summed E-state index contributed by atoms with van der Waals surface area (Å²) in [4.78, 5) is 30.0. The van der Waals surface area contributed by atoms with Gasteiger partial charge in [-0.3, -0.25) is 14.6 Å². The van der Waals surface area contributed by atoms with Crippen molar-refractivity contribution in [1.29, 1.82) is 0 Å². The van der Waals surface area contributed by atoms with Crippen LogP contribution in [0.25, 0.3) is 0 Å². The Balaban J connectivity index is 1.78. The van der Waals surface area contributed by atoms with Crippen molar-refractivity contribution in [3.63, 3.8) is 0 Å². The fraction of sp³-hybridized carbons (Fsp3) is 0.316. The first kappa shape index (κ1) is 19.0. The van der Waals surface area contributed by atoms with E-state index in [1.54, 1.807) is 13.2 Å². The van der Waals surface area contributed by atoms with E-state index in [4.69, 9.17) is 0 Å². The van der Waals surface area contributed by atoms with Crippen LogP contribution in [0.1, 0.15) is 16.8 Å². The lowest BCUT2D eigenvalue weighted by Gasteiger charge is -2.17. The summed E-state index contributed by atoms with van der Waals surface area (Å²) in [5.41, 5.74) is 3.88. The molecule has 0 bridgehead atoms. The Bertz CT molecular complexity index is 735. The van der Waals surface area contributed by atoms with Crippen LogP contribution in [0.5, 0.6) is 0 Å². The van der Waals surface area contributed by atoms with Gasteiger partial charge in [0.1, 0.15) is 0 Å². The molecule has 1 aromatic heterocycles. The van der Waals surface area contributed by atoms with Crippen LogP contribution in [0, 0.1) is 13.8 Å². The quantitative estimate of drug-likeness (QED) is 0.827. The summed E-state index contributed by atoms with van der Waals surface area (Å²) in [5, 5.41) is 2.87. The molecule has 0 aliphatic carbocycles. The second-order valence-electron chi connectivity index (χ2n) is 5.86. The Morgan fingerprint density at radius 3 is 2.68 bits per heavy atom. The van der Waals surface area contributed by atoms with Crippen LogP contribution in [0.4, 0.5) is 5.69 Å². The fourth-order valence-corrected chi connectivity index (χ4v) is 3.09. The molecule has 0 aliphatic heterocycles. The molecular formula is C19H23N3O2S. The van der Waals surface area contributed by atoms with Crippen molar-refractivity contribution in [3.05, 3.63) is 59.4 Å². The first-order chi connectivity index (χ1) is 12.0. The van der Waals surface area contributed by atoms with Crippen LogP contribution >= 0.6 is 11.8 Å². The third-order valence-electron chi connectivity index (χ3n) is 3.89. The monoisotopic (exact) mass is 357 g/mol. The number of anilines is 1. The van der Waals surface area contributed by atoms with Crippen LogP contribution < -0.4 is 5.32 Å². The molecule has 1 N–H and O–H groups in total. The molecule has 0 spiro atoms. The van der Waals surface area contributed by atoms with E-state index >= 15 is 0 Å². The maximum absolute atomic E-state index is 12.2. The number of amides is 2. The first-order valence-corrected chi connectivity index (χ1v) is 9.20. The summed E-state index contributed by atoms with van der Waals surface area (Å²) >= 11 is 1.49. The molecule has 1 aromatic carbocycles. The smallest absolute Gasteiger partial charge is 0.243 e. The molecule has 0 fully saturated rings. The van der Waals surface area contributed by atoms with E-state index in [-0.39, 0.29) is 18.4 Å². The summed E-state index contributed by atoms with van der Waals surface area (Å²) in [6, 6.07) is 11.5. The minimum atomic E-state index is -0.195. The Morgan fingerprint density at radius 2 is 1.96 bits per heavy atom. The van der Waals surface area contributed by atoms with Crippen LogP contribution in [0.3, 0.4) is 0 Å². The average Bonchev–Trinajstić information content (AvgIpc) is 2.59. The molecule has 132 valence electrons. The zero-order chi connectivity index (χ0) is 18.2. The fourth-order valence-electron chi connectivity index (χ4n) is 2.22. The van der Waals surface area contributed by atoms with Crippen molar-refractivity contribution in [1.82, 2.24) is 9.88 Å². The topological polar surface area (TPSA) is 62.3 Å². The standard InChI is InChI=1S/C19H23N3O2S/c1-14-7-6-9-17(15(14)2)21-18(23)11-22(3)19(24)13-25-12-16-8-4-5-10-20-16/h4-10H,11-13H2,1-3H3,(H,21,23). The van der Waals surface area contributed by atoms with Crippen molar-refractivity contribution < 1.29 is 9.59 Å². The van der Waals surface area contributed by atoms with Gasteiger partial charge in [-0.15, -0.1) is 11.8 Å². The number of aromatic nitrogens is 1. The molecule has 2 amide bonds. The number of likely N-dealkylation sites (N-methyl/N-ethyl adjacent to an activating group) is 1. The minimum absolute atomic E-state index is 0.0381. The van der Waals surface area contributed by atoms with Crippen LogP contribution in [0.15, 0.2) is 42.6 Å².